The fourth-order valence-electron chi connectivity index (χ4n) is 3.02. The van der Waals surface area contributed by atoms with Gasteiger partial charge in [-0.3, -0.25) is 14.5 Å². The first kappa shape index (κ1) is 18.1. The summed E-state index contributed by atoms with van der Waals surface area (Å²) in [5.74, 6) is 0.255. The summed E-state index contributed by atoms with van der Waals surface area (Å²) >= 11 is 0. The SMILES string of the molecule is O=C(CCC(=O)N1CCN(C/C=C/c2ccccc2)CC1)c1ccco1. The molecule has 2 heterocycles. The Morgan fingerprint density at radius 3 is 2.42 bits per heavy atom. The maximum atomic E-state index is 12.3. The van der Waals surface area contributed by atoms with Crippen LogP contribution in [0.1, 0.15) is 29.0 Å². The Bertz CT molecular complexity index is 730. The quantitative estimate of drug-likeness (QED) is 0.719. The van der Waals surface area contributed by atoms with Crippen molar-refractivity contribution in [1.82, 2.24) is 9.80 Å². The number of furan rings is 1. The van der Waals surface area contributed by atoms with Crippen LogP contribution in [-0.4, -0.2) is 54.2 Å². The third-order valence-corrected chi connectivity index (χ3v) is 4.56. The summed E-state index contributed by atoms with van der Waals surface area (Å²) in [5, 5.41) is 0. The van der Waals surface area contributed by atoms with E-state index in [0.29, 0.717) is 18.8 Å². The predicted molar refractivity (Wildman–Crippen MR) is 101 cm³/mol. The van der Waals surface area contributed by atoms with E-state index in [2.05, 4.69) is 29.2 Å². The molecule has 1 aromatic carbocycles. The number of ketones is 1. The molecule has 136 valence electrons. The number of nitrogens with zero attached hydrogens (tertiary/aromatic N) is 2. The van der Waals surface area contributed by atoms with Crippen molar-refractivity contribution in [3.63, 3.8) is 0 Å². The normalized spacial score (nSPS) is 15.5. The van der Waals surface area contributed by atoms with E-state index in [1.54, 1.807) is 12.1 Å². The van der Waals surface area contributed by atoms with Gasteiger partial charge in [-0.15, -0.1) is 0 Å². The molecule has 3 rings (SSSR count). The lowest BCUT2D eigenvalue weighted by molar-refractivity contribution is -0.132. The van der Waals surface area contributed by atoms with Crippen molar-refractivity contribution in [2.24, 2.45) is 0 Å². The molecule has 0 saturated carbocycles. The van der Waals surface area contributed by atoms with E-state index in [-0.39, 0.29) is 24.5 Å². The molecule has 1 amide bonds. The molecule has 0 unspecified atom stereocenters. The van der Waals surface area contributed by atoms with Crippen LogP contribution in [0.3, 0.4) is 0 Å². The summed E-state index contributed by atoms with van der Waals surface area (Å²) in [6.45, 7) is 4.03. The summed E-state index contributed by atoms with van der Waals surface area (Å²) in [4.78, 5) is 28.4. The average Bonchev–Trinajstić information content (AvgIpc) is 3.22. The Morgan fingerprint density at radius 1 is 0.962 bits per heavy atom. The summed E-state index contributed by atoms with van der Waals surface area (Å²) in [5.41, 5.74) is 1.20. The van der Waals surface area contributed by atoms with E-state index in [1.165, 1.54) is 11.8 Å². The van der Waals surface area contributed by atoms with E-state index >= 15 is 0 Å². The Balaban J connectivity index is 1.37. The van der Waals surface area contributed by atoms with Gasteiger partial charge in [0.05, 0.1) is 6.26 Å². The van der Waals surface area contributed by atoms with Crippen LogP contribution in [0.2, 0.25) is 0 Å². The third kappa shape index (κ3) is 5.17. The number of hydrogen-bond acceptors (Lipinski definition) is 4. The first-order valence-corrected chi connectivity index (χ1v) is 9.01. The molecule has 1 aliphatic rings. The predicted octanol–water partition coefficient (Wildman–Crippen LogP) is 3.10. The molecule has 0 radical (unpaired) electrons. The van der Waals surface area contributed by atoms with Crippen LogP contribution >= 0.6 is 0 Å². The zero-order chi connectivity index (χ0) is 18.2. The average molecular weight is 352 g/mol. The summed E-state index contributed by atoms with van der Waals surface area (Å²) in [6, 6.07) is 13.5. The number of carbonyl (C=O) groups is 2. The molecule has 1 fully saturated rings. The molecule has 0 bridgehead atoms. The highest BCUT2D eigenvalue weighted by Gasteiger charge is 2.21. The van der Waals surface area contributed by atoms with Crippen molar-refractivity contribution in [2.45, 2.75) is 12.8 Å². The monoisotopic (exact) mass is 352 g/mol. The molecule has 1 aliphatic heterocycles. The van der Waals surface area contributed by atoms with Gasteiger partial charge in [-0.1, -0.05) is 42.5 Å². The topological polar surface area (TPSA) is 53.8 Å². The van der Waals surface area contributed by atoms with Gasteiger partial charge in [0.1, 0.15) is 0 Å². The maximum Gasteiger partial charge on any atom is 0.223 e. The van der Waals surface area contributed by atoms with Crippen LogP contribution in [0.25, 0.3) is 6.08 Å². The van der Waals surface area contributed by atoms with Gasteiger partial charge in [0, 0.05) is 45.6 Å². The number of piperazine rings is 1. The minimum absolute atomic E-state index is 0.0457. The number of benzene rings is 1. The van der Waals surface area contributed by atoms with Crippen LogP contribution in [-0.2, 0) is 4.79 Å². The van der Waals surface area contributed by atoms with Crippen LogP contribution in [0.15, 0.2) is 59.2 Å². The zero-order valence-corrected chi connectivity index (χ0v) is 14.8. The first-order chi connectivity index (χ1) is 12.7. The summed E-state index contributed by atoms with van der Waals surface area (Å²) in [6.07, 6.45) is 6.20. The Morgan fingerprint density at radius 2 is 1.73 bits per heavy atom. The van der Waals surface area contributed by atoms with Crippen molar-refractivity contribution >= 4 is 17.8 Å². The van der Waals surface area contributed by atoms with Crippen molar-refractivity contribution < 1.29 is 14.0 Å². The molecule has 0 spiro atoms. The standard InChI is InChI=1S/C21H24N2O3/c24-19(20-9-5-17-26-20)10-11-21(25)23-15-13-22(14-16-23)12-4-8-18-6-2-1-3-7-18/h1-9,17H,10-16H2/b8-4+. The van der Waals surface area contributed by atoms with Crippen LogP contribution in [0, 0.1) is 0 Å². The molecule has 5 nitrogen and oxygen atoms in total. The molecule has 2 aromatic rings. The van der Waals surface area contributed by atoms with E-state index in [9.17, 15) is 9.59 Å². The number of Topliss-reactive ketones (excluding diaryl/α,β-unsaturated/α-hetero) is 1. The van der Waals surface area contributed by atoms with Crippen molar-refractivity contribution in [3.05, 3.63) is 66.1 Å². The molecule has 1 aromatic heterocycles. The van der Waals surface area contributed by atoms with Gasteiger partial charge >= 0.3 is 0 Å². The second-order valence-electron chi connectivity index (χ2n) is 6.39. The second-order valence-corrected chi connectivity index (χ2v) is 6.39. The van der Waals surface area contributed by atoms with E-state index < -0.39 is 0 Å². The fraction of sp³-hybridized carbons (Fsp3) is 0.333. The van der Waals surface area contributed by atoms with Crippen molar-refractivity contribution in [3.8, 4) is 0 Å². The maximum absolute atomic E-state index is 12.3. The van der Waals surface area contributed by atoms with Crippen LogP contribution in [0.4, 0.5) is 0 Å². The van der Waals surface area contributed by atoms with Gasteiger partial charge in [0.2, 0.25) is 5.91 Å². The minimum atomic E-state index is -0.118. The molecule has 0 atom stereocenters. The Kier molecular flexibility index (Phi) is 6.39. The molecule has 0 N–H and O–H groups in total. The lowest BCUT2D eigenvalue weighted by Crippen LogP contribution is -2.48. The van der Waals surface area contributed by atoms with Gasteiger partial charge in [-0.2, -0.15) is 0 Å². The van der Waals surface area contributed by atoms with Gasteiger partial charge < -0.3 is 9.32 Å². The molecule has 0 aliphatic carbocycles. The zero-order valence-electron chi connectivity index (χ0n) is 14.8. The lowest BCUT2D eigenvalue weighted by Gasteiger charge is -2.34. The van der Waals surface area contributed by atoms with Crippen LogP contribution < -0.4 is 0 Å². The van der Waals surface area contributed by atoms with E-state index in [4.69, 9.17) is 4.42 Å². The Hall–Kier alpha value is -2.66. The number of carbonyl (C=O) groups excluding carboxylic acids is 2. The number of hydrogen-bond donors (Lipinski definition) is 0. The summed E-state index contributed by atoms with van der Waals surface area (Å²) < 4.78 is 5.07. The number of rotatable bonds is 7. The highest BCUT2D eigenvalue weighted by atomic mass is 16.3. The first-order valence-electron chi connectivity index (χ1n) is 9.01. The smallest absolute Gasteiger partial charge is 0.223 e. The third-order valence-electron chi connectivity index (χ3n) is 4.56. The minimum Gasteiger partial charge on any atom is -0.461 e. The van der Waals surface area contributed by atoms with E-state index in [0.717, 1.165) is 19.6 Å². The van der Waals surface area contributed by atoms with Crippen molar-refractivity contribution in [2.75, 3.05) is 32.7 Å². The van der Waals surface area contributed by atoms with Gasteiger partial charge in [0.15, 0.2) is 11.5 Å². The van der Waals surface area contributed by atoms with Crippen LogP contribution in [0.5, 0.6) is 0 Å². The molecular formula is C21H24N2O3. The largest absolute Gasteiger partial charge is 0.461 e. The van der Waals surface area contributed by atoms with E-state index in [1.807, 2.05) is 23.1 Å². The van der Waals surface area contributed by atoms with Gasteiger partial charge in [0.25, 0.3) is 0 Å². The van der Waals surface area contributed by atoms with Gasteiger partial charge in [-0.05, 0) is 17.7 Å². The highest BCUT2D eigenvalue weighted by molar-refractivity contribution is 5.95. The molecule has 26 heavy (non-hydrogen) atoms. The molecule has 1 saturated heterocycles. The second kappa shape index (κ2) is 9.15. The fourth-order valence-corrected chi connectivity index (χ4v) is 3.02. The number of amides is 1. The molecular weight excluding hydrogens is 328 g/mol. The Labute approximate surface area is 153 Å². The lowest BCUT2D eigenvalue weighted by atomic mass is 10.1. The molecule has 5 heteroatoms. The van der Waals surface area contributed by atoms with Gasteiger partial charge in [-0.25, -0.2) is 0 Å². The van der Waals surface area contributed by atoms with Crippen molar-refractivity contribution in [1.29, 1.82) is 0 Å². The summed E-state index contributed by atoms with van der Waals surface area (Å²) in [7, 11) is 0. The highest BCUT2D eigenvalue weighted by Crippen LogP contribution is 2.10.